The maximum absolute atomic E-state index is 14.7. The van der Waals surface area contributed by atoms with E-state index in [9.17, 15) is 57.8 Å². The molecular weight excluding hydrogens is 959 g/mol. The lowest BCUT2D eigenvalue weighted by Gasteiger charge is -2.37. The van der Waals surface area contributed by atoms with Crippen LogP contribution in [-0.4, -0.2) is 233 Å². The second-order valence-corrected chi connectivity index (χ2v) is 19.7. The zero-order valence-electron chi connectivity index (χ0n) is 44.6. The van der Waals surface area contributed by atoms with Gasteiger partial charge in [0, 0.05) is 88.4 Å². The van der Waals surface area contributed by atoms with Gasteiger partial charge in [0.1, 0.15) is 24.2 Å². The smallest absolute Gasteiger partial charge is 0.335 e. The molecule has 1 rings (SSSR count). The molecule has 1 fully saturated rings. The van der Waals surface area contributed by atoms with Gasteiger partial charge in [-0.05, 0) is 71.6 Å². The molecule has 1 saturated heterocycles. The van der Waals surface area contributed by atoms with Crippen LogP contribution in [0.2, 0.25) is 0 Å². The molecule has 0 aromatic carbocycles. The summed E-state index contributed by atoms with van der Waals surface area (Å²) in [7, 11) is 8.23. The Kier molecular flexibility index (Phi) is 26.9. The van der Waals surface area contributed by atoms with Crippen molar-refractivity contribution in [2.75, 3.05) is 87.8 Å². The zero-order chi connectivity index (χ0) is 55.4. The number of rotatable bonds is 23. The van der Waals surface area contributed by atoms with Gasteiger partial charge in [0.25, 0.3) is 17.7 Å². The highest BCUT2D eigenvalue weighted by molar-refractivity contribution is 8.00. The van der Waals surface area contributed by atoms with Gasteiger partial charge < -0.3 is 46.4 Å². The Hall–Kier alpha value is -5.86. The predicted molar refractivity (Wildman–Crippen MR) is 271 cm³/mol. The molecule has 25 nitrogen and oxygen atoms in total. The van der Waals surface area contributed by atoms with E-state index in [1.807, 2.05) is 31.3 Å². The summed E-state index contributed by atoms with van der Waals surface area (Å²) in [6, 6.07) is -10.8. The molecule has 0 aromatic heterocycles. The largest absolute Gasteiger partial charge is 0.390 e. The fourth-order valence-electron chi connectivity index (χ4n) is 7.37. The van der Waals surface area contributed by atoms with Crippen LogP contribution in [0.1, 0.15) is 87.0 Å². The molecule has 0 radical (unpaired) electrons. The Morgan fingerprint density at radius 3 is 1.85 bits per heavy atom. The number of nitrogens with one attached hydrogen (secondary N) is 4. The van der Waals surface area contributed by atoms with E-state index in [-0.39, 0.29) is 31.6 Å². The average molecular weight is 1040 g/mol. The molecule has 0 spiro atoms. The van der Waals surface area contributed by atoms with Gasteiger partial charge in [-0.1, -0.05) is 32.9 Å². The summed E-state index contributed by atoms with van der Waals surface area (Å²) in [6.07, 6.45) is 4.57. The highest BCUT2D eigenvalue weighted by Gasteiger charge is 2.41. The standard InChI is InChI=1S/C46H81N13O12S/c1-15-18-20-29(4)27-32(53(9)43(68)57(13)45(70)58(14)44(69)55(11)37(63)30(5)49-34(60)17-3)35(61)50-31(16-2)38(64)54(10)40(72-26-19-23-59-24-21-48-22-25-59)39(65)52(8)33(28-46(6,7)71)36(62)51-42(67)56(12)41(47)66/h15,18,29-33,40,48,71H,16-17,19-28H2,1-14H3,(H2,47,66)(H,49,60)(H,50,61)(H,51,62,67)/b18-15+/t29-,30-,31+,32+,33+,40-/m1/s1. The molecule has 1 aliphatic rings. The Labute approximate surface area is 428 Å². The number of primary amides is 1. The number of likely N-dealkylation sites (N-methyl/N-ethyl adjacent to an activating group) is 4. The lowest BCUT2D eigenvalue weighted by molar-refractivity contribution is -0.146. The molecule has 0 unspecified atom stereocenters. The van der Waals surface area contributed by atoms with Crippen LogP contribution in [0.5, 0.6) is 0 Å². The monoisotopic (exact) mass is 1040 g/mol. The first kappa shape index (κ1) is 64.2. The van der Waals surface area contributed by atoms with Crippen LogP contribution in [0.4, 0.5) is 24.0 Å². The van der Waals surface area contributed by atoms with Crippen LogP contribution in [0, 0.1) is 5.92 Å². The Morgan fingerprint density at radius 2 is 1.32 bits per heavy atom. The fraction of sp³-hybridized carbons (Fsp3) is 0.717. The number of aliphatic hydroxyl groups is 1. The molecule has 26 heteroatoms. The third-order valence-corrected chi connectivity index (χ3v) is 13.4. The van der Waals surface area contributed by atoms with Crippen molar-refractivity contribution in [3.63, 3.8) is 0 Å². The van der Waals surface area contributed by atoms with Crippen LogP contribution in [0.15, 0.2) is 12.2 Å². The molecule has 0 saturated carbocycles. The first-order chi connectivity index (χ1) is 33.5. The molecule has 72 heavy (non-hydrogen) atoms. The first-order valence-electron chi connectivity index (χ1n) is 24.0. The van der Waals surface area contributed by atoms with E-state index in [0.717, 1.165) is 80.8 Å². The van der Waals surface area contributed by atoms with E-state index >= 15 is 0 Å². The average Bonchev–Trinajstić information content (AvgIpc) is 3.34. The summed E-state index contributed by atoms with van der Waals surface area (Å²) in [5.41, 5.74) is 3.65. The number of thioether (sulfide) groups is 1. The number of carbonyl (C=O) groups is 11. The van der Waals surface area contributed by atoms with Crippen LogP contribution >= 0.6 is 11.8 Å². The van der Waals surface area contributed by atoms with E-state index in [2.05, 4.69) is 20.9 Å². The molecule has 0 aromatic rings. The molecule has 0 aliphatic carbocycles. The second-order valence-electron chi connectivity index (χ2n) is 18.5. The van der Waals surface area contributed by atoms with Gasteiger partial charge in [0.2, 0.25) is 17.7 Å². The summed E-state index contributed by atoms with van der Waals surface area (Å²) < 4.78 is 0. The molecule has 0 bridgehead atoms. The Balaban J connectivity index is 3.59. The van der Waals surface area contributed by atoms with E-state index in [0.29, 0.717) is 44.7 Å². The first-order valence-corrected chi connectivity index (χ1v) is 25.0. The van der Waals surface area contributed by atoms with Crippen molar-refractivity contribution >= 4 is 77.4 Å². The second kappa shape index (κ2) is 30.2. The zero-order valence-corrected chi connectivity index (χ0v) is 45.4. The van der Waals surface area contributed by atoms with Crippen molar-refractivity contribution < 1.29 is 57.8 Å². The Bertz CT molecular complexity index is 1960. The van der Waals surface area contributed by atoms with E-state index in [1.165, 1.54) is 41.9 Å². The number of imide groups is 5. The summed E-state index contributed by atoms with van der Waals surface area (Å²) in [6.45, 7) is 15.0. The van der Waals surface area contributed by atoms with E-state index in [4.69, 9.17) is 5.73 Å². The number of amides is 16. The van der Waals surface area contributed by atoms with Crippen molar-refractivity contribution in [2.24, 2.45) is 11.7 Å². The number of urea groups is 5. The number of hydrogen-bond acceptors (Lipinski definition) is 15. The highest BCUT2D eigenvalue weighted by atomic mass is 32.2. The number of piperazine rings is 1. The SMILES string of the molecule is C/C=C/C[C@@H](C)C[C@@H](C(=O)N[C@@H](CC)C(=O)N(C)[C@H](SCCCN1CCNCC1)C(=O)N(C)[C@@H](CC(C)(C)O)C(=O)NC(=O)N(C)C(N)=O)N(C)C(=O)N(C)C(=O)N(C)C(=O)N(C)C(=O)[C@@H](C)NC(=O)CC. The lowest BCUT2D eigenvalue weighted by Crippen LogP contribution is -2.60. The molecule has 1 heterocycles. The van der Waals surface area contributed by atoms with Gasteiger partial charge in [-0.25, -0.2) is 38.7 Å². The van der Waals surface area contributed by atoms with Crippen LogP contribution in [0.3, 0.4) is 0 Å². The van der Waals surface area contributed by atoms with Crippen molar-refractivity contribution in [2.45, 2.75) is 122 Å². The van der Waals surface area contributed by atoms with Crippen LogP contribution < -0.4 is 27.0 Å². The summed E-state index contributed by atoms with van der Waals surface area (Å²) in [5.74, 6) is -4.39. The molecule has 7 N–H and O–H groups in total. The quantitative estimate of drug-likeness (QED) is 0.0469. The Morgan fingerprint density at radius 1 is 0.750 bits per heavy atom. The summed E-state index contributed by atoms with van der Waals surface area (Å²) in [4.78, 5) is 155. The topological polar surface area (TPSA) is 308 Å². The van der Waals surface area contributed by atoms with Crippen molar-refractivity contribution in [1.29, 1.82) is 0 Å². The highest BCUT2D eigenvalue weighted by Crippen LogP contribution is 2.24. The number of nitrogens with two attached hydrogens (primary N) is 1. The molecular formula is C46H81N13O12S. The van der Waals surface area contributed by atoms with Gasteiger partial charge >= 0.3 is 30.2 Å². The van der Waals surface area contributed by atoms with Gasteiger partial charge in [0.05, 0.1) is 5.60 Å². The number of carbonyl (C=O) groups excluding carboxylic acids is 11. The van der Waals surface area contributed by atoms with E-state index < -0.39 is 101 Å². The fourth-order valence-corrected chi connectivity index (χ4v) is 8.53. The molecule has 6 atom stereocenters. The van der Waals surface area contributed by atoms with Gasteiger partial charge in [-0.2, -0.15) is 0 Å². The van der Waals surface area contributed by atoms with E-state index in [1.54, 1.807) is 13.8 Å². The maximum Gasteiger partial charge on any atom is 0.335 e. The molecule has 16 amide bonds. The number of hydrogen-bond donors (Lipinski definition) is 6. The van der Waals surface area contributed by atoms with Crippen molar-refractivity contribution in [1.82, 2.24) is 60.5 Å². The third-order valence-electron chi connectivity index (χ3n) is 12.0. The normalized spacial score (nSPS) is 15.3. The summed E-state index contributed by atoms with van der Waals surface area (Å²) >= 11 is 1.11. The van der Waals surface area contributed by atoms with Crippen molar-refractivity contribution in [3.05, 3.63) is 12.2 Å². The minimum absolute atomic E-state index is 0.00926. The third kappa shape index (κ3) is 19.6. The van der Waals surface area contributed by atoms with Gasteiger partial charge in [0.15, 0.2) is 5.37 Å². The maximum atomic E-state index is 14.7. The number of allylic oxidation sites excluding steroid dienone is 2. The molecule has 408 valence electrons. The minimum Gasteiger partial charge on any atom is -0.390 e. The van der Waals surface area contributed by atoms with Crippen LogP contribution in [0.25, 0.3) is 0 Å². The van der Waals surface area contributed by atoms with Gasteiger partial charge in [-0.15, -0.1) is 11.8 Å². The predicted octanol–water partition coefficient (Wildman–Crippen LogP) is 0.818. The molecule has 1 aliphatic heterocycles. The minimum atomic E-state index is -1.56. The van der Waals surface area contributed by atoms with Gasteiger partial charge in [-0.3, -0.25) is 39.0 Å². The lowest BCUT2D eigenvalue weighted by atomic mass is 9.96. The van der Waals surface area contributed by atoms with Crippen molar-refractivity contribution in [3.8, 4) is 0 Å². The number of nitrogens with zero attached hydrogens (tertiary/aromatic N) is 8. The van der Waals surface area contributed by atoms with Crippen LogP contribution in [-0.2, 0) is 28.8 Å². The summed E-state index contributed by atoms with van der Waals surface area (Å²) in [5, 5.41) is 20.0.